The third-order valence-corrected chi connectivity index (χ3v) is 6.96. The van der Waals surface area contributed by atoms with Crippen LogP contribution in [0, 0.1) is 5.92 Å². The van der Waals surface area contributed by atoms with Crippen molar-refractivity contribution in [2.45, 2.75) is 46.2 Å². The molecule has 1 aromatic rings. The normalized spacial score (nSPS) is 11.9. The van der Waals surface area contributed by atoms with Gasteiger partial charge in [0.25, 0.3) is 0 Å². The van der Waals surface area contributed by atoms with E-state index in [-0.39, 0.29) is 37.3 Å². The van der Waals surface area contributed by atoms with E-state index >= 15 is 0 Å². The van der Waals surface area contributed by atoms with Crippen LogP contribution in [0.25, 0.3) is 0 Å². The summed E-state index contributed by atoms with van der Waals surface area (Å²) in [7, 11) is 0. The summed E-state index contributed by atoms with van der Waals surface area (Å²) in [6, 6.07) is 6.32. The number of ether oxygens (including phenoxy) is 9. The smallest absolute Gasteiger partial charge is 0.243 e. The number of carbonyl (C=O) groups excluding carboxylic acids is 3. The Balaban J connectivity index is 1.88. The highest BCUT2D eigenvalue weighted by Crippen LogP contribution is 2.09. The second-order valence-corrected chi connectivity index (χ2v) is 11.7. The predicted octanol–water partition coefficient (Wildman–Crippen LogP) is 1.29. The van der Waals surface area contributed by atoms with Crippen LogP contribution in [0.3, 0.4) is 0 Å². The van der Waals surface area contributed by atoms with Gasteiger partial charge in [0.2, 0.25) is 17.7 Å². The summed E-state index contributed by atoms with van der Waals surface area (Å²) in [6.07, 6.45) is 1.10. The molecule has 1 aromatic carbocycles. The van der Waals surface area contributed by atoms with E-state index in [0.29, 0.717) is 118 Å². The Labute approximate surface area is 309 Å². The van der Waals surface area contributed by atoms with Gasteiger partial charge in [0.15, 0.2) is 0 Å². The summed E-state index contributed by atoms with van der Waals surface area (Å²) < 4.78 is 49.0. The molecule has 0 fully saturated rings. The van der Waals surface area contributed by atoms with Crippen LogP contribution in [0.2, 0.25) is 0 Å². The quantitative estimate of drug-likeness (QED) is 0.0719. The Kier molecular flexibility index (Phi) is 30.9. The van der Waals surface area contributed by atoms with Gasteiger partial charge in [-0.2, -0.15) is 0 Å². The maximum absolute atomic E-state index is 12.7. The van der Waals surface area contributed by atoms with Crippen molar-refractivity contribution in [1.82, 2.24) is 10.6 Å². The minimum absolute atomic E-state index is 0.0836. The molecule has 0 aliphatic rings. The fourth-order valence-electron chi connectivity index (χ4n) is 4.16. The number of nitrogens with one attached hydrogen (secondary N) is 3. The summed E-state index contributed by atoms with van der Waals surface area (Å²) in [5, 5.41) is 8.01. The third kappa shape index (κ3) is 27.8. The van der Waals surface area contributed by atoms with Crippen LogP contribution in [0.1, 0.15) is 39.2 Å². The van der Waals surface area contributed by atoms with Crippen LogP contribution in [-0.2, 0) is 63.6 Å². The lowest BCUT2D eigenvalue weighted by Gasteiger charge is -2.21. The predicted molar refractivity (Wildman–Crippen MR) is 195 cm³/mol. The number of rotatable bonds is 36. The van der Waals surface area contributed by atoms with E-state index in [1.54, 1.807) is 12.1 Å². The molecule has 1 atom stereocenters. The number of hydrogen-bond donors (Lipinski definition) is 4. The van der Waals surface area contributed by atoms with Crippen molar-refractivity contribution >= 4 is 23.4 Å². The molecule has 5 N–H and O–H groups in total. The number of anilines is 1. The molecule has 16 nitrogen and oxygen atoms in total. The maximum Gasteiger partial charge on any atom is 0.243 e. The number of carbonyl (C=O) groups is 3. The molecular formula is C36H64N4O12. The topological polar surface area (TPSA) is 196 Å². The van der Waals surface area contributed by atoms with Crippen molar-refractivity contribution < 1.29 is 57.0 Å². The fourth-order valence-corrected chi connectivity index (χ4v) is 4.16. The molecule has 0 saturated carbocycles. The molecule has 1 unspecified atom stereocenters. The molecule has 16 heteroatoms. The van der Waals surface area contributed by atoms with E-state index < -0.39 is 11.9 Å². The first kappa shape index (κ1) is 47.3. The molecule has 0 bridgehead atoms. The molecule has 300 valence electrons. The second kappa shape index (κ2) is 34.0. The molecule has 0 saturated heterocycles. The van der Waals surface area contributed by atoms with E-state index in [4.69, 9.17) is 48.4 Å². The molecule has 3 amide bonds. The van der Waals surface area contributed by atoms with Gasteiger partial charge in [0.1, 0.15) is 6.04 Å². The molecule has 0 aliphatic heterocycles. The Morgan fingerprint density at radius 2 is 0.962 bits per heavy atom. The van der Waals surface area contributed by atoms with Crippen LogP contribution in [-0.4, -0.2) is 149 Å². The van der Waals surface area contributed by atoms with Gasteiger partial charge in [0.05, 0.1) is 119 Å². The van der Waals surface area contributed by atoms with Crippen molar-refractivity contribution in [1.29, 1.82) is 0 Å². The zero-order valence-electron chi connectivity index (χ0n) is 31.5. The Morgan fingerprint density at radius 3 is 1.33 bits per heavy atom. The van der Waals surface area contributed by atoms with E-state index in [2.05, 4.69) is 22.9 Å². The minimum Gasteiger partial charge on any atom is -0.379 e. The lowest BCUT2D eigenvalue weighted by Crippen LogP contribution is -2.51. The number of nitrogens with two attached hydrogens (primary N) is 1. The zero-order chi connectivity index (χ0) is 37.9. The van der Waals surface area contributed by atoms with E-state index in [0.717, 1.165) is 18.6 Å². The van der Waals surface area contributed by atoms with Crippen LogP contribution < -0.4 is 21.7 Å². The Morgan fingerprint density at radius 1 is 0.577 bits per heavy atom. The molecule has 0 aliphatic carbocycles. The van der Waals surface area contributed by atoms with Gasteiger partial charge in [-0.3, -0.25) is 14.4 Å². The number of amides is 3. The van der Waals surface area contributed by atoms with Crippen LogP contribution in [0.15, 0.2) is 24.3 Å². The molecule has 0 heterocycles. The van der Waals surface area contributed by atoms with Crippen molar-refractivity contribution in [2.24, 2.45) is 11.7 Å². The number of benzene rings is 1. The highest BCUT2D eigenvalue weighted by molar-refractivity contribution is 5.96. The fraction of sp³-hybridized carbons (Fsp3) is 0.750. The van der Waals surface area contributed by atoms with E-state index in [1.807, 2.05) is 26.0 Å². The summed E-state index contributed by atoms with van der Waals surface area (Å²) in [5.41, 5.74) is 7.13. The minimum atomic E-state index is -0.786. The Bertz CT molecular complexity index is 1020. The summed E-state index contributed by atoms with van der Waals surface area (Å²) >= 11 is 0. The highest BCUT2D eigenvalue weighted by Gasteiger charge is 2.24. The van der Waals surface area contributed by atoms with E-state index in [9.17, 15) is 14.4 Å². The van der Waals surface area contributed by atoms with Crippen molar-refractivity contribution in [2.75, 3.05) is 131 Å². The summed E-state index contributed by atoms with van der Waals surface area (Å²) in [6.45, 7) is 14.5. The second-order valence-electron chi connectivity index (χ2n) is 11.7. The van der Waals surface area contributed by atoms with E-state index in [1.165, 1.54) is 0 Å². The lowest BCUT2D eigenvalue weighted by atomic mass is 10.0. The standard InChI is InChI=1S/C36H64N4O12/c1-4-10-44-12-14-46-16-18-48-20-22-50-24-26-52-27-25-51-23-21-49-19-17-47-15-13-45-11-9-33(41)40-35(30(2)3)36(43)38-29-34(42)39-32-7-5-31(28-37)6-8-32/h5-8,30,35H,4,9-29,37H2,1-3H3,(H,38,43)(H,39,42)(H,40,41). The molecule has 1 rings (SSSR count). The van der Waals surface area contributed by atoms with Crippen molar-refractivity contribution in [3.05, 3.63) is 29.8 Å². The van der Waals surface area contributed by atoms with Gasteiger partial charge >= 0.3 is 0 Å². The molecule has 0 aromatic heterocycles. The monoisotopic (exact) mass is 744 g/mol. The highest BCUT2D eigenvalue weighted by atomic mass is 16.6. The molecular weight excluding hydrogens is 680 g/mol. The first-order valence-electron chi connectivity index (χ1n) is 18.2. The average molecular weight is 745 g/mol. The first-order chi connectivity index (χ1) is 25.4. The zero-order valence-corrected chi connectivity index (χ0v) is 31.5. The van der Waals surface area contributed by atoms with Gasteiger partial charge in [-0.25, -0.2) is 0 Å². The third-order valence-electron chi connectivity index (χ3n) is 6.96. The molecule has 0 spiro atoms. The van der Waals surface area contributed by atoms with Gasteiger partial charge in [-0.1, -0.05) is 32.9 Å². The summed E-state index contributed by atoms with van der Waals surface area (Å²) in [5.74, 6) is -1.32. The molecule has 52 heavy (non-hydrogen) atoms. The largest absolute Gasteiger partial charge is 0.379 e. The van der Waals surface area contributed by atoms with Crippen LogP contribution >= 0.6 is 0 Å². The molecule has 0 radical (unpaired) electrons. The SMILES string of the molecule is CCCOCCOCCOCCOCCOCCOCCOCCOCCOCCC(=O)NC(C(=O)NCC(=O)Nc1ccc(CN)cc1)C(C)C. The van der Waals surface area contributed by atoms with Gasteiger partial charge in [0, 0.05) is 25.3 Å². The van der Waals surface area contributed by atoms with Gasteiger partial charge in [-0.05, 0) is 30.0 Å². The lowest BCUT2D eigenvalue weighted by molar-refractivity contribution is -0.131. The van der Waals surface area contributed by atoms with Crippen LogP contribution in [0.5, 0.6) is 0 Å². The maximum atomic E-state index is 12.7. The van der Waals surface area contributed by atoms with Gasteiger partial charge < -0.3 is 64.3 Å². The van der Waals surface area contributed by atoms with Crippen molar-refractivity contribution in [3.8, 4) is 0 Å². The van der Waals surface area contributed by atoms with Crippen LogP contribution in [0.4, 0.5) is 5.69 Å². The first-order valence-corrected chi connectivity index (χ1v) is 18.2. The average Bonchev–Trinajstić information content (AvgIpc) is 3.14. The van der Waals surface area contributed by atoms with Crippen molar-refractivity contribution in [3.63, 3.8) is 0 Å². The van der Waals surface area contributed by atoms with Gasteiger partial charge in [-0.15, -0.1) is 0 Å². The number of hydrogen-bond acceptors (Lipinski definition) is 13. The Hall–Kier alpha value is -2.77. The summed E-state index contributed by atoms with van der Waals surface area (Å²) in [4.78, 5) is 37.3.